The van der Waals surface area contributed by atoms with Gasteiger partial charge in [-0.1, -0.05) is 149 Å². The van der Waals surface area contributed by atoms with Crippen molar-refractivity contribution in [1.82, 2.24) is 0 Å². The van der Waals surface area contributed by atoms with Crippen molar-refractivity contribution in [2.24, 2.45) is 71.0 Å². The summed E-state index contributed by atoms with van der Waals surface area (Å²) in [6.07, 6.45) is 35.0. The van der Waals surface area contributed by atoms with Gasteiger partial charge in [0.1, 0.15) is 0 Å². The molecule has 6 rings (SSSR count). The Balaban J connectivity index is 0.802. The zero-order valence-electron chi connectivity index (χ0n) is 25.2. The van der Waals surface area contributed by atoms with Gasteiger partial charge in [-0.25, -0.2) is 0 Å². The number of unbranched alkanes of at least 4 members (excludes halogenated alkanes) is 17. The summed E-state index contributed by atoms with van der Waals surface area (Å²) in [5.74, 6) is 14.9. The molecule has 0 spiro atoms. The average Bonchev–Trinajstić information content (AvgIpc) is 2.87. The first-order valence-corrected chi connectivity index (χ1v) is 18.4. The van der Waals surface area contributed by atoms with Crippen LogP contribution < -0.4 is 0 Å². The van der Waals surface area contributed by atoms with Gasteiger partial charge in [0, 0.05) is 0 Å². The van der Waals surface area contributed by atoms with E-state index in [-0.39, 0.29) is 0 Å². The fourth-order valence-electron chi connectivity index (χ4n) is 12.0. The van der Waals surface area contributed by atoms with Crippen molar-refractivity contribution in [3.63, 3.8) is 0 Å². The molecule has 0 aromatic carbocycles. The zero-order valence-corrected chi connectivity index (χ0v) is 25.2. The summed E-state index contributed by atoms with van der Waals surface area (Å²) in [6.45, 7) is 4.65. The van der Waals surface area contributed by atoms with Crippen LogP contribution in [0.25, 0.3) is 0 Å². The summed E-state index contributed by atoms with van der Waals surface area (Å²) >= 11 is 0. The molecule has 6 aliphatic carbocycles. The predicted molar refractivity (Wildman–Crippen MR) is 159 cm³/mol. The highest BCUT2D eigenvalue weighted by Crippen LogP contribution is 2.89. The molecule has 0 amide bonds. The second-order valence-electron chi connectivity index (χ2n) is 15.5. The Morgan fingerprint density at radius 2 is 0.622 bits per heavy atom. The van der Waals surface area contributed by atoms with Crippen LogP contribution in [-0.4, -0.2) is 0 Å². The van der Waals surface area contributed by atoms with Crippen LogP contribution in [0.15, 0.2) is 0 Å². The van der Waals surface area contributed by atoms with E-state index < -0.39 is 0 Å². The van der Waals surface area contributed by atoms with Crippen molar-refractivity contribution in [2.45, 2.75) is 162 Å². The van der Waals surface area contributed by atoms with E-state index in [9.17, 15) is 0 Å². The molecule has 12 atom stereocenters. The lowest BCUT2D eigenvalue weighted by molar-refractivity contribution is -0.427. The summed E-state index contributed by atoms with van der Waals surface area (Å²) in [4.78, 5) is 0. The lowest BCUT2D eigenvalue weighted by atomic mass is 9.15. The van der Waals surface area contributed by atoms with E-state index in [1.54, 1.807) is 38.5 Å². The Bertz CT molecular complexity index is 688. The van der Waals surface area contributed by atoms with Crippen LogP contribution in [0, 0.1) is 71.0 Å². The second kappa shape index (κ2) is 12.7. The van der Waals surface area contributed by atoms with Crippen molar-refractivity contribution in [3.05, 3.63) is 0 Å². The van der Waals surface area contributed by atoms with Crippen molar-refractivity contribution in [3.8, 4) is 0 Å². The van der Waals surface area contributed by atoms with E-state index in [2.05, 4.69) is 13.8 Å². The summed E-state index contributed by atoms with van der Waals surface area (Å²) in [6, 6.07) is 0. The fraction of sp³-hybridized carbons (Fsp3) is 1.00. The van der Waals surface area contributed by atoms with E-state index in [4.69, 9.17) is 0 Å². The van der Waals surface area contributed by atoms with Gasteiger partial charge >= 0.3 is 0 Å². The van der Waals surface area contributed by atoms with Crippen LogP contribution in [0.5, 0.6) is 0 Å². The molecule has 0 aromatic heterocycles. The minimum absolute atomic E-state index is 1.18. The Labute approximate surface area is 232 Å². The summed E-state index contributed by atoms with van der Waals surface area (Å²) in [5.41, 5.74) is 0. The maximum Gasteiger partial charge on any atom is -0.0312 e. The fourth-order valence-corrected chi connectivity index (χ4v) is 12.0. The van der Waals surface area contributed by atoms with E-state index in [1.165, 1.54) is 180 Å². The monoisotopic (exact) mass is 509 g/mol. The first-order chi connectivity index (χ1) is 18.4. The molecule has 0 radical (unpaired) electrons. The van der Waals surface area contributed by atoms with Gasteiger partial charge in [-0.3, -0.25) is 0 Å². The number of fused-ring (bicyclic) bond motifs is 13. The topological polar surface area (TPSA) is 0 Å². The highest BCUT2D eigenvalue weighted by atomic mass is 14.9. The van der Waals surface area contributed by atoms with E-state index in [0.717, 1.165) is 0 Å². The summed E-state index contributed by atoms with van der Waals surface area (Å²) < 4.78 is 0. The van der Waals surface area contributed by atoms with Crippen molar-refractivity contribution < 1.29 is 0 Å². The molecule has 6 aliphatic rings. The molecule has 12 unspecified atom stereocenters. The third kappa shape index (κ3) is 5.03. The molecule has 212 valence electrons. The molecule has 0 aromatic rings. The predicted octanol–water partition coefficient (Wildman–Crippen LogP) is 11.5. The molecule has 37 heavy (non-hydrogen) atoms. The van der Waals surface area contributed by atoms with Gasteiger partial charge in [0.15, 0.2) is 0 Å². The van der Waals surface area contributed by atoms with Crippen LogP contribution >= 0.6 is 0 Å². The molecule has 6 fully saturated rings. The summed E-state index contributed by atoms with van der Waals surface area (Å²) in [7, 11) is 0. The quantitative estimate of drug-likeness (QED) is 0.107. The highest BCUT2D eigenvalue weighted by molar-refractivity contribution is 5.31. The third-order valence-electron chi connectivity index (χ3n) is 13.8. The van der Waals surface area contributed by atoms with E-state index in [0.29, 0.717) is 0 Å². The minimum atomic E-state index is 1.18. The molecule has 0 bridgehead atoms. The summed E-state index contributed by atoms with van der Waals surface area (Å²) in [5, 5.41) is 0. The molecule has 0 heteroatoms. The Morgan fingerprint density at radius 3 is 0.973 bits per heavy atom. The zero-order chi connectivity index (χ0) is 25.2. The maximum absolute atomic E-state index is 2.33. The standard InChI is InChI=1S/C37H64/c1-3-5-7-9-11-13-15-17-19-21-23-27-25-29-31(27)35-33(29)36-34-30-26(24-28(30)32(34)37(35)36)22-20-18-16-14-12-10-8-6-4-2/h26-37H,3-25H2,1-2H3. The molecular weight excluding hydrogens is 444 g/mol. The van der Waals surface area contributed by atoms with E-state index in [1.807, 2.05) is 0 Å². The highest BCUT2D eigenvalue weighted by Gasteiger charge is 2.84. The van der Waals surface area contributed by atoms with Crippen molar-refractivity contribution in [1.29, 1.82) is 0 Å². The van der Waals surface area contributed by atoms with Gasteiger partial charge in [-0.05, 0) is 83.9 Å². The molecule has 0 heterocycles. The van der Waals surface area contributed by atoms with Crippen LogP contribution in [0.4, 0.5) is 0 Å². The molecule has 0 nitrogen and oxygen atoms in total. The Hall–Kier alpha value is 0. The molecule has 0 saturated heterocycles. The number of rotatable bonds is 21. The van der Waals surface area contributed by atoms with Gasteiger partial charge in [-0.15, -0.1) is 0 Å². The van der Waals surface area contributed by atoms with Crippen LogP contribution in [0.1, 0.15) is 162 Å². The SMILES string of the molecule is CCCCCCCCCCCCC1CC2C1C1C2C2C3C4C(CCCCCCCCCCC)CC4C3C12. The molecule has 0 N–H and O–H groups in total. The van der Waals surface area contributed by atoms with Crippen molar-refractivity contribution in [2.75, 3.05) is 0 Å². The van der Waals surface area contributed by atoms with Crippen molar-refractivity contribution >= 4 is 0 Å². The van der Waals surface area contributed by atoms with Gasteiger partial charge in [0.25, 0.3) is 0 Å². The minimum Gasteiger partial charge on any atom is -0.0654 e. The average molecular weight is 509 g/mol. The van der Waals surface area contributed by atoms with Gasteiger partial charge in [0.05, 0.1) is 0 Å². The molecular formula is C37H64. The lowest BCUT2D eigenvalue weighted by Gasteiger charge is -2.90. The maximum atomic E-state index is 2.33. The lowest BCUT2D eigenvalue weighted by Crippen LogP contribution is -2.86. The van der Waals surface area contributed by atoms with E-state index >= 15 is 0 Å². The number of hydrogen-bond acceptors (Lipinski definition) is 0. The normalized spacial score (nSPS) is 43.3. The first-order valence-electron chi connectivity index (χ1n) is 18.4. The Kier molecular flexibility index (Phi) is 9.31. The second-order valence-corrected chi connectivity index (χ2v) is 15.5. The van der Waals surface area contributed by atoms with Gasteiger partial charge in [-0.2, -0.15) is 0 Å². The van der Waals surface area contributed by atoms with Crippen LogP contribution in [0.2, 0.25) is 0 Å². The molecule has 0 aliphatic heterocycles. The smallest absolute Gasteiger partial charge is 0.0312 e. The Morgan fingerprint density at radius 1 is 0.324 bits per heavy atom. The largest absolute Gasteiger partial charge is 0.0654 e. The van der Waals surface area contributed by atoms with Crippen LogP contribution in [-0.2, 0) is 0 Å². The third-order valence-corrected chi connectivity index (χ3v) is 13.8. The van der Waals surface area contributed by atoms with Gasteiger partial charge < -0.3 is 0 Å². The van der Waals surface area contributed by atoms with Crippen LogP contribution in [0.3, 0.4) is 0 Å². The molecule has 6 saturated carbocycles. The van der Waals surface area contributed by atoms with Gasteiger partial charge in [0.2, 0.25) is 0 Å². The first kappa shape index (κ1) is 27.2. The number of hydrogen-bond donors (Lipinski definition) is 0.